The first kappa shape index (κ1) is 21.6. The van der Waals surface area contributed by atoms with Gasteiger partial charge in [0.05, 0.1) is 17.6 Å². The topological polar surface area (TPSA) is 84.5 Å². The molecule has 1 amide bonds. The molecule has 0 bridgehead atoms. The lowest BCUT2D eigenvalue weighted by molar-refractivity contribution is 0.0960. The molecule has 0 saturated heterocycles. The van der Waals surface area contributed by atoms with Crippen LogP contribution in [-0.2, 0) is 15.8 Å². The Morgan fingerprint density at radius 1 is 1.22 bits per heavy atom. The van der Waals surface area contributed by atoms with E-state index in [0.717, 1.165) is 5.56 Å². The molecule has 0 aliphatic rings. The van der Waals surface area contributed by atoms with Crippen molar-refractivity contribution in [3.63, 3.8) is 0 Å². The van der Waals surface area contributed by atoms with Crippen molar-refractivity contribution in [2.75, 3.05) is 26.5 Å². The van der Waals surface area contributed by atoms with Crippen molar-refractivity contribution in [2.45, 2.75) is 10.6 Å². The molecule has 9 heteroatoms. The maximum atomic E-state index is 12.5. The lowest BCUT2D eigenvalue weighted by atomic mass is 10.2. The van der Waals surface area contributed by atoms with Gasteiger partial charge in [0.15, 0.2) is 0 Å². The number of amides is 1. The van der Waals surface area contributed by atoms with Gasteiger partial charge in [-0.1, -0.05) is 29.8 Å². The van der Waals surface area contributed by atoms with Gasteiger partial charge in [-0.3, -0.25) is 4.79 Å². The monoisotopic (exact) mass is 428 g/mol. The number of rotatable bonds is 9. The highest BCUT2D eigenvalue weighted by molar-refractivity contribution is 7.98. The number of thioether (sulfide) groups is 1. The summed E-state index contributed by atoms with van der Waals surface area (Å²) < 4.78 is 32.6. The van der Waals surface area contributed by atoms with Gasteiger partial charge in [0.1, 0.15) is 5.75 Å². The average molecular weight is 429 g/mol. The molecule has 2 rings (SSSR count). The molecule has 0 radical (unpaired) electrons. The predicted molar refractivity (Wildman–Crippen MR) is 109 cm³/mol. The van der Waals surface area contributed by atoms with Crippen molar-refractivity contribution in [2.24, 2.45) is 0 Å². The molecule has 0 aliphatic heterocycles. The summed E-state index contributed by atoms with van der Waals surface area (Å²) in [5, 5.41) is 3.17. The van der Waals surface area contributed by atoms with E-state index in [4.69, 9.17) is 16.3 Å². The maximum absolute atomic E-state index is 12.5. The Morgan fingerprint density at radius 3 is 2.63 bits per heavy atom. The fourth-order valence-electron chi connectivity index (χ4n) is 2.30. The second kappa shape index (κ2) is 9.98. The van der Waals surface area contributed by atoms with E-state index >= 15 is 0 Å². The molecule has 2 aromatic rings. The number of methoxy groups -OCH3 is 1. The minimum atomic E-state index is -3.73. The highest BCUT2D eigenvalue weighted by atomic mass is 35.5. The van der Waals surface area contributed by atoms with Crippen LogP contribution >= 0.6 is 23.4 Å². The number of carbonyl (C=O) groups is 1. The smallest absolute Gasteiger partial charge is 0.254 e. The van der Waals surface area contributed by atoms with Crippen LogP contribution in [0.5, 0.6) is 5.75 Å². The lowest BCUT2D eigenvalue weighted by Gasteiger charge is -2.11. The molecule has 0 spiro atoms. The summed E-state index contributed by atoms with van der Waals surface area (Å²) in [7, 11) is -0.837. The van der Waals surface area contributed by atoms with E-state index < -0.39 is 15.9 Å². The van der Waals surface area contributed by atoms with Gasteiger partial charge in [-0.05, 0) is 29.8 Å². The van der Waals surface area contributed by atoms with Gasteiger partial charge < -0.3 is 10.1 Å². The number of hydrogen-bond acceptors (Lipinski definition) is 5. The number of sulfonamides is 1. The molecule has 0 saturated carbocycles. The summed E-state index contributed by atoms with van der Waals surface area (Å²) in [4.78, 5) is 11.9. The Kier molecular flexibility index (Phi) is 7.97. The van der Waals surface area contributed by atoms with E-state index in [2.05, 4.69) is 10.0 Å². The van der Waals surface area contributed by atoms with E-state index in [1.807, 2.05) is 24.3 Å². The molecule has 6 nitrogen and oxygen atoms in total. The summed E-state index contributed by atoms with van der Waals surface area (Å²) in [5.74, 6) is 1.18. The van der Waals surface area contributed by atoms with Crippen LogP contribution in [0.4, 0.5) is 0 Å². The second-order valence-corrected chi connectivity index (χ2v) is 8.76. The zero-order valence-corrected chi connectivity index (χ0v) is 17.4. The number of carbonyl (C=O) groups excluding carboxylic acids is 1. The largest absolute Gasteiger partial charge is 0.496 e. The van der Waals surface area contributed by atoms with Gasteiger partial charge in [-0.15, -0.1) is 0 Å². The zero-order valence-electron chi connectivity index (χ0n) is 15.0. The van der Waals surface area contributed by atoms with Crippen molar-refractivity contribution in [3.8, 4) is 5.75 Å². The van der Waals surface area contributed by atoms with Gasteiger partial charge in [0.2, 0.25) is 10.0 Å². The highest BCUT2D eigenvalue weighted by Gasteiger charge is 2.19. The first-order valence-corrected chi connectivity index (χ1v) is 11.1. The fourth-order valence-corrected chi connectivity index (χ4v) is 4.63. The normalized spacial score (nSPS) is 11.2. The number of nitrogens with one attached hydrogen (secondary N) is 2. The van der Waals surface area contributed by atoms with Crippen LogP contribution in [0.25, 0.3) is 0 Å². The standard InChI is InChI=1S/C18H21ClN2O4S2/c1-20-18(22)15-11-14(7-8-17(15)25-2)27(23,24)21-9-10-26-12-13-5-3-4-6-16(13)19/h3-8,11,21H,9-10,12H2,1-2H3,(H,20,22). The molecule has 146 valence electrons. The van der Waals surface area contributed by atoms with E-state index in [9.17, 15) is 13.2 Å². The molecule has 0 fully saturated rings. The third-order valence-corrected chi connectivity index (χ3v) is 6.54. The Hall–Kier alpha value is -1.74. The van der Waals surface area contributed by atoms with Crippen LogP contribution in [0.3, 0.4) is 0 Å². The quantitative estimate of drug-likeness (QED) is 0.600. The Balaban J connectivity index is 1.96. The van der Waals surface area contributed by atoms with Gasteiger partial charge in [-0.2, -0.15) is 11.8 Å². The van der Waals surface area contributed by atoms with Gasteiger partial charge in [0.25, 0.3) is 5.91 Å². The number of halogens is 1. The summed E-state index contributed by atoms with van der Waals surface area (Å²) in [6.07, 6.45) is 0. The van der Waals surface area contributed by atoms with Gasteiger partial charge in [0, 0.05) is 30.1 Å². The zero-order chi connectivity index (χ0) is 19.9. The predicted octanol–water partition coefficient (Wildman–Crippen LogP) is 2.92. The highest BCUT2D eigenvalue weighted by Crippen LogP contribution is 2.23. The molecule has 0 unspecified atom stereocenters. The number of ether oxygens (including phenoxy) is 1. The van der Waals surface area contributed by atoms with Gasteiger partial charge in [-0.25, -0.2) is 13.1 Å². The molecule has 0 atom stereocenters. The molecule has 0 aromatic heterocycles. The van der Waals surface area contributed by atoms with Crippen molar-refractivity contribution in [3.05, 3.63) is 58.6 Å². The third-order valence-electron chi connectivity index (χ3n) is 3.71. The molecule has 0 aliphatic carbocycles. The first-order valence-electron chi connectivity index (χ1n) is 8.10. The third kappa shape index (κ3) is 5.87. The minimum Gasteiger partial charge on any atom is -0.496 e. The summed E-state index contributed by atoms with van der Waals surface area (Å²) >= 11 is 7.68. The molecule has 27 heavy (non-hydrogen) atoms. The van der Waals surface area contributed by atoms with E-state index in [-0.39, 0.29) is 17.0 Å². The molecule has 0 heterocycles. The van der Waals surface area contributed by atoms with Gasteiger partial charge >= 0.3 is 0 Å². The van der Waals surface area contributed by atoms with Crippen LogP contribution in [0.1, 0.15) is 15.9 Å². The van der Waals surface area contributed by atoms with Crippen LogP contribution in [0, 0.1) is 0 Å². The van der Waals surface area contributed by atoms with Crippen molar-refractivity contribution in [1.82, 2.24) is 10.0 Å². The van der Waals surface area contributed by atoms with Crippen molar-refractivity contribution in [1.29, 1.82) is 0 Å². The van der Waals surface area contributed by atoms with E-state index in [1.165, 1.54) is 32.4 Å². The Labute approximate surface area is 168 Å². The number of benzene rings is 2. The van der Waals surface area contributed by atoms with Crippen LogP contribution in [-0.4, -0.2) is 40.8 Å². The summed E-state index contributed by atoms with van der Waals surface area (Å²) in [6, 6.07) is 11.7. The summed E-state index contributed by atoms with van der Waals surface area (Å²) in [5.41, 5.74) is 1.17. The van der Waals surface area contributed by atoms with Crippen molar-refractivity contribution < 1.29 is 17.9 Å². The Morgan fingerprint density at radius 2 is 1.96 bits per heavy atom. The first-order chi connectivity index (χ1) is 12.9. The van der Waals surface area contributed by atoms with Crippen molar-refractivity contribution >= 4 is 39.3 Å². The second-order valence-electron chi connectivity index (χ2n) is 5.48. The van der Waals surface area contributed by atoms with E-state index in [0.29, 0.717) is 22.3 Å². The number of hydrogen-bond donors (Lipinski definition) is 2. The average Bonchev–Trinajstić information content (AvgIpc) is 2.67. The molecule has 2 N–H and O–H groups in total. The maximum Gasteiger partial charge on any atom is 0.254 e. The van der Waals surface area contributed by atoms with Crippen LogP contribution < -0.4 is 14.8 Å². The molecular weight excluding hydrogens is 408 g/mol. The molecular formula is C18H21ClN2O4S2. The van der Waals surface area contributed by atoms with Crippen LogP contribution in [0.2, 0.25) is 5.02 Å². The fraction of sp³-hybridized carbons (Fsp3) is 0.278. The van der Waals surface area contributed by atoms with E-state index in [1.54, 1.807) is 11.8 Å². The minimum absolute atomic E-state index is 0.0120. The summed E-state index contributed by atoms with van der Waals surface area (Å²) in [6.45, 7) is 0.263. The lowest BCUT2D eigenvalue weighted by Crippen LogP contribution is -2.27. The SMILES string of the molecule is CNC(=O)c1cc(S(=O)(=O)NCCSCc2ccccc2Cl)ccc1OC. The molecule has 2 aromatic carbocycles. The van der Waals surface area contributed by atoms with Crippen LogP contribution in [0.15, 0.2) is 47.4 Å². The Bertz CT molecular complexity index is 904.